The minimum Gasteiger partial charge on any atom is -0.495 e. The van der Waals surface area contributed by atoms with Gasteiger partial charge in [0.25, 0.3) is 0 Å². The van der Waals surface area contributed by atoms with E-state index >= 15 is 0 Å². The van der Waals surface area contributed by atoms with Crippen molar-refractivity contribution in [1.82, 2.24) is 0 Å². The quantitative estimate of drug-likeness (QED) is 0.607. The van der Waals surface area contributed by atoms with Gasteiger partial charge in [-0.3, -0.25) is 9.59 Å². The van der Waals surface area contributed by atoms with Gasteiger partial charge >= 0.3 is 5.97 Å². The first-order valence-electron chi connectivity index (χ1n) is 6.46. The van der Waals surface area contributed by atoms with Gasteiger partial charge in [-0.25, -0.2) is 13.6 Å². The Morgan fingerprint density at radius 1 is 1.27 bits per heavy atom. The van der Waals surface area contributed by atoms with Gasteiger partial charge in [0.1, 0.15) is 5.75 Å². The summed E-state index contributed by atoms with van der Waals surface area (Å²) in [4.78, 5) is 22.0. The first-order valence-corrected chi connectivity index (χ1v) is 8.01. The number of primary sulfonamides is 1. The summed E-state index contributed by atoms with van der Waals surface area (Å²) in [6, 6.07) is 3.87. The molecule has 0 radical (unpaired) electrons. The van der Waals surface area contributed by atoms with Crippen LogP contribution in [0.1, 0.15) is 25.7 Å². The van der Waals surface area contributed by atoms with Crippen molar-refractivity contribution < 1.29 is 27.9 Å². The Labute approximate surface area is 128 Å². The van der Waals surface area contributed by atoms with Gasteiger partial charge in [0.15, 0.2) is 0 Å². The summed E-state index contributed by atoms with van der Waals surface area (Å²) in [5.41, 5.74) is 0.192. The SMILES string of the molecule is COc1ccc(S(N)(=O)=O)cc1NC(=O)CCCCC(=O)O. The van der Waals surface area contributed by atoms with Gasteiger partial charge in [-0.2, -0.15) is 0 Å². The Bertz CT molecular complexity index is 656. The van der Waals surface area contributed by atoms with E-state index in [2.05, 4.69) is 5.32 Å². The lowest BCUT2D eigenvalue weighted by Crippen LogP contribution is -2.15. The fourth-order valence-electron chi connectivity index (χ4n) is 1.74. The molecule has 0 heterocycles. The molecule has 1 aromatic carbocycles. The number of carbonyl (C=O) groups is 2. The maximum atomic E-state index is 11.8. The number of methoxy groups -OCH3 is 1. The molecule has 8 nitrogen and oxygen atoms in total. The predicted molar refractivity (Wildman–Crippen MR) is 79.1 cm³/mol. The zero-order valence-corrected chi connectivity index (χ0v) is 12.9. The number of hydrogen-bond acceptors (Lipinski definition) is 5. The number of rotatable bonds is 8. The van der Waals surface area contributed by atoms with Crippen molar-refractivity contribution >= 4 is 27.6 Å². The lowest BCUT2D eigenvalue weighted by Gasteiger charge is -2.11. The molecule has 0 bridgehead atoms. The van der Waals surface area contributed by atoms with Gasteiger partial charge in [0.2, 0.25) is 15.9 Å². The van der Waals surface area contributed by atoms with E-state index in [-0.39, 0.29) is 29.3 Å². The zero-order chi connectivity index (χ0) is 16.8. The number of benzene rings is 1. The summed E-state index contributed by atoms with van der Waals surface area (Å²) in [7, 11) is -2.51. The van der Waals surface area contributed by atoms with Crippen molar-refractivity contribution in [2.24, 2.45) is 5.14 Å². The van der Waals surface area contributed by atoms with Crippen LogP contribution < -0.4 is 15.2 Å². The highest BCUT2D eigenvalue weighted by molar-refractivity contribution is 7.89. The van der Waals surface area contributed by atoms with Gasteiger partial charge < -0.3 is 15.2 Å². The maximum Gasteiger partial charge on any atom is 0.303 e. The second-order valence-electron chi connectivity index (χ2n) is 4.56. The number of carboxylic acid groups (broad SMARTS) is 1. The highest BCUT2D eigenvalue weighted by Gasteiger charge is 2.14. The molecule has 122 valence electrons. The minimum absolute atomic E-state index is 0.00248. The largest absolute Gasteiger partial charge is 0.495 e. The van der Waals surface area contributed by atoms with E-state index in [1.807, 2.05) is 0 Å². The van der Waals surface area contributed by atoms with Gasteiger partial charge in [0.05, 0.1) is 17.7 Å². The Morgan fingerprint density at radius 2 is 1.91 bits per heavy atom. The number of carboxylic acids is 1. The van der Waals surface area contributed by atoms with Gasteiger partial charge in [0, 0.05) is 12.8 Å². The number of carbonyl (C=O) groups excluding carboxylic acids is 1. The molecule has 0 fully saturated rings. The molecule has 4 N–H and O–H groups in total. The summed E-state index contributed by atoms with van der Waals surface area (Å²) in [6.07, 6.45) is 0.917. The number of hydrogen-bond donors (Lipinski definition) is 3. The topological polar surface area (TPSA) is 136 Å². The molecule has 0 aliphatic heterocycles. The summed E-state index contributed by atoms with van der Waals surface area (Å²) >= 11 is 0. The monoisotopic (exact) mass is 330 g/mol. The number of anilines is 1. The third kappa shape index (κ3) is 5.70. The van der Waals surface area contributed by atoms with E-state index in [9.17, 15) is 18.0 Å². The van der Waals surface area contributed by atoms with Crippen molar-refractivity contribution in [1.29, 1.82) is 0 Å². The van der Waals surface area contributed by atoms with Crippen molar-refractivity contribution in [2.75, 3.05) is 12.4 Å². The highest BCUT2D eigenvalue weighted by atomic mass is 32.2. The number of aliphatic carboxylic acids is 1. The normalized spacial score (nSPS) is 11.0. The maximum absolute atomic E-state index is 11.8. The van der Waals surface area contributed by atoms with Crippen molar-refractivity contribution in [2.45, 2.75) is 30.6 Å². The molecular formula is C13H18N2O6S. The van der Waals surface area contributed by atoms with E-state index in [0.717, 1.165) is 0 Å². The van der Waals surface area contributed by atoms with Crippen LogP contribution in [-0.2, 0) is 19.6 Å². The summed E-state index contributed by atoms with van der Waals surface area (Å²) < 4.78 is 27.7. The smallest absolute Gasteiger partial charge is 0.303 e. The van der Waals surface area contributed by atoms with Crippen LogP contribution in [0, 0.1) is 0 Å². The Kier molecular flexibility index (Phi) is 6.32. The van der Waals surface area contributed by atoms with E-state index < -0.39 is 16.0 Å². The summed E-state index contributed by atoms with van der Waals surface area (Å²) in [6.45, 7) is 0. The van der Waals surface area contributed by atoms with Gasteiger partial charge in [-0.05, 0) is 31.0 Å². The van der Waals surface area contributed by atoms with Crippen LogP contribution in [0.25, 0.3) is 0 Å². The van der Waals surface area contributed by atoms with Crippen LogP contribution in [-0.4, -0.2) is 32.5 Å². The predicted octanol–water partition coefficient (Wildman–Crippen LogP) is 0.926. The lowest BCUT2D eigenvalue weighted by atomic mass is 10.2. The molecule has 9 heteroatoms. The number of unbranched alkanes of at least 4 members (excludes halogenated alkanes) is 1. The molecule has 0 aliphatic carbocycles. The Balaban J connectivity index is 2.74. The van der Waals surface area contributed by atoms with Crippen LogP contribution in [0.2, 0.25) is 0 Å². The average molecular weight is 330 g/mol. The van der Waals surface area contributed by atoms with Crippen LogP contribution in [0.4, 0.5) is 5.69 Å². The molecule has 22 heavy (non-hydrogen) atoms. The molecule has 1 aromatic rings. The average Bonchev–Trinajstić information content (AvgIpc) is 2.42. The summed E-state index contributed by atoms with van der Waals surface area (Å²) in [5, 5.41) is 16.1. The molecule has 0 atom stereocenters. The molecule has 1 amide bonds. The molecule has 0 saturated heterocycles. The minimum atomic E-state index is -3.89. The second kappa shape index (κ2) is 7.76. The lowest BCUT2D eigenvalue weighted by molar-refractivity contribution is -0.137. The zero-order valence-electron chi connectivity index (χ0n) is 12.0. The third-order valence-electron chi connectivity index (χ3n) is 2.82. The molecule has 0 saturated carbocycles. The van der Waals surface area contributed by atoms with Crippen molar-refractivity contribution in [3.8, 4) is 5.75 Å². The molecule has 0 unspecified atom stereocenters. The molecular weight excluding hydrogens is 312 g/mol. The Hall–Kier alpha value is -2.13. The van der Waals surface area contributed by atoms with Crippen LogP contribution in [0.3, 0.4) is 0 Å². The van der Waals surface area contributed by atoms with Crippen molar-refractivity contribution in [3.63, 3.8) is 0 Å². The van der Waals surface area contributed by atoms with E-state index in [1.165, 1.54) is 25.3 Å². The number of nitrogens with two attached hydrogens (primary N) is 1. The standard InChI is InChI=1S/C13H18N2O6S/c1-21-11-7-6-9(22(14,19)20)8-10(11)15-12(16)4-2-3-5-13(17)18/h6-8H,2-5H2,1H3,(H,15,16)(H,17,18)(H2,14,19,20). The Morgan fingerprint density at radius 3 is 2.45 bits per heavy atom. The van der Waals surface area contributed by atoms with E-state index in [4.69, 9.17) is 15.0 Å². The van der Waals surface area contributed by atoms with Crippen LogP contribution >= 0.6 is 0 Å². The number of nitrogens with one attached hydrogen (secondary N) is 1. The molecule has 1 rings (SSSR count). The number of ether oxygens (including phenoxy) is 1. The van der Waals surface area contributed by atoms with E-state index in [1.54, 1.807) is 0 Å². The number of amides is 1. The van der Waals surface area contributed by atoms with Gasteiger partial charge in [-0.15, -0.1) is 0 Å². The second-order valence-corrected chi connectivity index (χ2v) is 6.12. The van der Waals surface area contributed by atoms with Crippen molar-refractivity contribution in [3.05, 3.63) is 18.2 Å². The molecule has 0 aliphatic rings. The van der Waals surface area contributed by atoms with E-state index in [0.29, 0.717) is 18.6 Å². The number of sulfonamides is 1. The van der Waals surface area contributed by atoms with Crippen LogP contribution in [0.15, 0.2) is 23.1 Å². The first-order chi connectivity index (χ1) is 10.2. The molecule has 0 aromatic heterocycles. The third-order valence-corrected chi connectivity index (χ3v) is 3.73. The fourth-order valence-corrected chi connectivity index (χ4v) is 2.28. The fraction of sp³-hybridized carbons (Fsp3) is 0.385. The highest BCUT2D eigenvalue weighted by Crippen LogP contribution is 2.27. The molecule has 0 spiro atoms. The summed E-state index contributed by atoms with van der Waals surface area (Å²) in [5.74, 6) is -0.982. The van der Waals surface area contributed by atoms with Crippen LogP contribution in [0.5, 0.6) is 5.75 Å². The first kappa shape index (κ1) is 17.9. The van der Waals surface area contributed by atoms with Gasteiger partial charge in [-0.1, -0.05) is 0 Å².